The van der Waals surface area contributed by atoms with Crippen LogP contribution in [0.3, 0.4) is 0 Å². The van der Waals surface area contributed by atoms with E-state index in [9.17, 15) is 18.0 Å². The summed E-state index contributed by atoms with van der Waals surface area (Å²) in [5.74, 6) is -1.18. The van der Waals surface area contributed by atoms with Crippen LogP contribution in [-0.4, -0.2) is 32.9 Å². The summed E-state index contributed by atoms with van der Waals surface area (Å²) in [5, 5.41) is 8.88. The van der Waals surface area contributed by atoms with Gasteiger partial charge >= 0.3 is 5.97 Å². The SMILES string of the molecule is CCC(C)NC(=O)COC(=O)c1csc(S(N)(=O)=O)c1. The number of hydrogen-bond donors (Lipinski definition) is 2. The van der Waals surface area contributed by atoms with Crippen molar-refractivity contribution in [2.75, 3.05) is 6.61 Å². The molecule has 112 valence electrons. The molecule has 7 nitrogen and oxygen atoms in total. The normalized spacial score (nSPS) is 12.8. The maximum absolute atomic E-state index is 11.6. The first-order chi connectivity index (χ1) is 9.24. The van der Waals surface area contributed by atoms with Crippen molar-refractivity contribution in [2.45, 2.75) is 30.5 Å². The quantitative estimate of drug-likeness (QED) is 0.739. The van der Waals surface area contributed by atoms with Crippen molar-refractivity contribution in [3.05, 3.63) is 17.0 Å². The number of carbonyl (C=O) groups is 2. The number of primary sulfonamides is 1. The Kier molecular flexibility index (Phi) is 5.66. The van der Waals surface area contributed by atoms with Crippen LogP contribution in [0.4, 0.5) is 0 Å². The molecular formula is C11H16N2O5S2. The van der Waals surface area contributed by atoms with E-state index < -0.39 is 28.5 Å². The van der Waals surface area contributed by atoms with Crippen molar-refractivity contribution in [3.63, 3.8) is 0 Å². The van der Waals surface area contributed by atoms with Crippen LogP contribution in [0.25, 0.3) is 0 Å². The summed E-state index contributed by atoms with van der Waals surface area (Å²) in [4.78, 5) is 23.0. The second kappa shape index (κ2) is 6.82. The highest BCUT2D eigenvalue weighted by Crippen LogP contribution is 2.19. The van der Waals surface area contributed by atoms with Crippen LogP contribution in [0.5, 0.6) is 0 Å². The number of nitrogens with two attached hydrogens (primary N) is 1. The van der Waals surface area contributed by atoms with Gasteiger partial charge in [-0.25, -0.2) is 18.4 Å². The van der Waals surface area contributed by atoms with Gasteiger partial charge in [0.2, 0.25) is 10.0 Å². The minimum Gasteiger partial charge on any atom is -0.452 e. The van der Waals surface area contributed by atoms with Gasteiger partial charge in [-0.2, -0.15) is 0 Å². The van der Waals surface area contributed by atoms with Crippen molar-refractivity contribution < 1.29 is 22.7 Å². The van der Waals surface area contributed by atoms with E-state index in [1.165, 1.54) is 5.38 Å². The standard InChI is InChI=1S/C11H16N2O5S2/c1-3-7(2)13-9(14)5-18-11(15)8-4-10(19-6-8)20(12,16)17/h4,6-7H,3,5H2,1-2H3,(H,13,14)(H2,12,16,17). The zero-order valence-electron chi connectivity index (χ0n) is 11.1. The molecule has 0 saturated carbocycles. The van der Waals surface area contributed by atoms with Gasteiger partial charge in [0.05, 0.1) is 5.56 Å². The summed E-state index contributed by atoms with van der Waals surface area (Å²) in [6.07, 6.45) is 0.766. The summed E-state index contributed by atoms with van der Waals surface area (Å²) >= 11 is 0.819. The molecule has 0 saturated heterocycles. The molecule has 0 spiro atoms. The average molecular weight is 320 g/mol. The highest BCUT2D eigenvalue weighted by Gasteiger charge is 2.17. The maximum atomic E-state index is 11.6. The minimum atomic E-state index is -3.83. The molecule has 3 N–H and O–H groups in total. The molecule has 1 amide bonds. The van der Waals surface area contributed by atoms with Gasteiger partial charge in [-0.3, -0.25) is 4.79 Å². The monoisotopic (exact) mass is 320 g/mol. The average Bonchev–Trinajstić information content (AvgIpc) is 2.85. The fourth-order valence-electron chi connectivity index (χ4n) is 1.21. The molecule has 1 rings (SSSR count). The zero-order chi connectivity index (χ0) is 15.3. The molecule has 20 heavy (non-hydrogen) atoms. The Hall–Kier alpha value is -1.45. The largest absolute Gasteiger partial charge is 0.452 e. The molecule has 9 heteroatoms. The topological polar surface area (TPSA) is 116 Å². The van der Waals surface area contributed by atoms with E-state index in [4.69, 9.17) is 9.88 Å². The second-order valence-electron chi connectivity index (χ2n) is 4.15. The van der Waals surface area contributed by atoms with Gasteiger partial charge in [0, 0.05) is 11.4 Å². The number of amides is 1. The highest BCUT2D eigenvalue weighted by molar-refractivity contribution is 7.91. The Morgan fingerprint density at radius 2 is 2.15 bits per heavy atom. The van der Waals surface area contributed by atoms with Crippen molar-refractivity contribution in [1.82, 2.24) is 5.32 Å². The first-order valence-corrected chi connectivity index (χ1v) is 8.24. The molecule has 0 radical (unpaired) electrons. The summed E-state index contributed by atoms with van der Waals surface area (Å²) in [6, 6.07) is 1.12. The van der Waals surface area contributed by atoms with Gasteiger partial charge in [0.1, 0.15) is 4.21 Å². The fourth-order valence-corrected chi connectivity index (χ4v) is 2.78. The molecule has 1 aromatic rings. The zero-order valence-corrected chi connectivity index (χ0v) is 12.7. The number of esters is 1. The van der Waals surface area contributed by atoms with Crippen LogP contribution in [-0.2, 0) is 19.6 Å². The highest BCUT2D eigenvalue weighted by atomic mass is 32.2. The molecule has 1 heterocycles. The third kappa shape index (κ3) is 4.91. The number of ether oxygens (including phenoxy) is 1. The van der Waals surface area contributed by atoms with Crippen molar-refractivity contribution in [2.24, 2.45) is 5.14 Å². The predicted octanol–water partition coefficient (Wildman–Crippen LogP) is 0.467. The van der Waals surface area contributed by atoms with Gasteiger partial charge in [0.25, 0.3) is 5.91 Å². The van der Waals surface area contributed by atoms with E-state index in [1.54, 1.807) is 0 Å². The molecule has 0 fully saturated rings. The first-order valence-electron chi connectivity index (χ1n) is 5.81. The minimum absolute atomic E-state index is 0.00339. The molecule has 0 aromatic carbocycles. The second-order valence-corrected chi connectivity index (χ2v) is 6.85. The molecule has 1 unspecified atom stereocenters. The Balaban J connectivity index is 2.56. The van der Waals surface area contributed by atoms with Crippen LogP contribution < -0.4 is 10.5 Å². The summed E-state index contributed by atoms with van der Waals surface area (Å²) in [6.45, 7) is 3.33. The van der Waals surface area contributed by atoms with Crippen LogP contribution in [0.2, 0.25) is 0 Å². The Morgan fingerprint density at radius 1 is 1.50 bits per heavy atom. The van der Waals surface area contributed by atoms with Crippen molar-refractivity contribution >= 4 is 33.2 Å². The summed E-state index contributed by atoms with van der Waals surface area (Å²) in [7, 11) is -3.83. The van der Waals surface area contributed by atoms with Crippen LogP contribution in [0.1, 0.15) is 30.6 Å². The maximum Gasteiger partial charge on any atom is 0.339 e. The van der Waals surface area contributed by atoms with E-state index in [2.05, 4.69) is 5.32 Å². The van der Waals surface area contributed by atoms with Crippen LogP contribution >= 0.6 is 11.3 Å². The number of hydrogen-bond acceptors (Lipinski definition) is 6. The molecule has 1 atom stereocenters. The lowest BCUT2D eigenvalue weighted by molar-refractivity contribution is -0.124. The van der Waals surface area contributed by atoms with E-state index in [-0.39, 0.29) is 15.8 Å². The summed E-state index contributed by atoms with van der Waals surface area (Å²) < 4.78 is 26.8. The molecule has 0 aliphatic heterocycles. The van der Waals surface area contributed by atoms with Gasteiger partial charge in [-0.15, -0.1) is 11.3 Å². The number of nitrogens with one attached hydrogen (secondary N) is 1. The van der Waals surface area contributed by atoms with Gasteiger partial charge < -0.3 is 10.1 Å². The van der Waals surface area contributed by atoms with E-state index in [1.807, 2.05) is 13.8 Å². The van der Waals surface area contributed by atoms with Crippen molar-refractivity contribution in [1.29, 1.82) is 0 Å². The number of thiophene rings is 1. The third-order valence-corrected chi connectivity index (χ3v) is 4.83. The molecule has 1 aromatic heterocycles. The summed E-state index contributed by atoms with van der Waals surface area (Å²) in [5.41, 5.74) is 0.0513. The van der Waals surface area contributed by atoms with E-state index >= 15 is 0 Å². The Labute approximate surface area is 121 Å². The number of sulfonamides is 1. The first kappa shape index (κ1) is 16.6. The molecule has 0 bridgehead atoms. The fraction of sp³-hybridized carbons (Fsp3) is 0.455. The number of rotatable bonds is 6. The smallest absolute Gasteiger partial charge is 0.339 e. The third-order valence-electron chi connectivity index (χ3n) is 2.45. The lowest BCUT2D eigenvalue weighted by Gasteiger charge is -2.11. The van der Waals surface area contributed by atoms with Gasteiger partial charge in [0.15, 0.2) is 6.61 Å². The van der Waals surface area contributed by atoms with E-state index in [0.717, 1.165) is 23.8 Å². The lowest BCUT2D eigenvalue weighted by Crippen LogP contribution is -2.35. The van der Waals surface area contributed by atoms with Gasteiger partial charge in [-0.05, 0) is 19.4 Å². The lowest BCUT2D eigenvalue weighted by atomic mass is 10.2. The Morgan fingerprint density at radius 3 is 2.65 bits per heavy atom. The van der Waals surface area contributed by atoms with Crippen LogP contribution in [0.15, 0.2) is 15.7 Å². The number of carbonyl (C=O) groups excluding carboxylic acids is 2. The predicted molar refractivity (Wildman–Crippen MR) is 73.9 cm³/mol. The van der Waals surface area contributed by atoms with Crippen molar-refractivity contribution in [3.8, 4) is 0 Å². The molecule has 0 aliphatic carbocycles. The van der Waals surface area contributed by atoms with Crippen LogP contribution in [0, 0.1) is 0 Å². The molecular weight excluding hydrogens is 304 g/mol. The molecule has 0 aliphatic rings. The Bertz CT molecular complexity index is 594. The van der Waals surface area contributed by atoms with Gasteiger partial charge in [-0.1, -0.05) is 6.92 Å². The van der Waals surface area contributed by atoms with E-state index in [0.29, 0.717) is 0 Å².